The van der Waals surface area contributed by atoms with Crippen LogP contribution in [0.4, 0.5) is 0 Å². The fourth-order valence-electron chi connectivity index (χ4n) is 2.07. The number of nitrogens with one attached hydrogen (secondary N) is 1. The maximum atomic E-state index is 11.6. The predicted molar refractivity (Wildman–Crippen MR) is 60.7 cm³/mol. The van der Waals surface area contributed by atoms with Crippen LogP contribution in [-0.2, 0) is 9.53 Å². The second-order valence-electron chi connectivity index (χ2n) is 4.78. The lowest BCUT2D eigenvalue weighted by molar-refractivity contribution is -0.144. The van der Waals surface area contributed by atoms with Crippen LogP contribution in [0.25, 0.3) is 0 Å². The summed E-state index contributed by atoms with van der Waals surface area (Å²) in [5.74, 6) is -0.114. The Hall–Kier alpha value is -0.570. The summed E-state index contributed by atoms with van der Waals surface area (Å²) in [6.07, 6.45) is 6.69. The Morgan fingerprint density at radius 1 is 1.53 bits per heavy atom. The molecule has 1 rings (SSSR count). The summed E-state index contributed by atoms with van der Waals surface area (Å²) in [5.41, 5.74) is 0.173. The van der Waals surface area contributed by atoms with E-state index in [9.17, 15) is 4.79 Å². The molecular weight excluding hydrogens is 190 g/mol. The van der Waals surface area contributed by atoms with Crippen molar-refractivity contribution in [1.82, 2.24) is 5.32 Å². The number of methoxy groups -OCH3 is 1. The van der Waals surface area contributed by atoms with Crippen LogP contribution in [-0.4, -0.2) is 24.7 Å². The maximum Gasteiger partial charge on any atom is 0.322 e. The van der Waals surface area contributed by atoms with Crippen LogP contribution in [0.1, 0.15) is 52.4 Å². The van der Waals surface area contributed by atoms with Crippen LogP contribution < -0.4 is 5.32 Å². The Labute approximate surface area is 92.6 Å². The number of ether oxygens (including phenoxy) is 1. The largest absolute Gasteiger partial charge is 0.468 e. The van der Waals surface area contributed by atoms with Crippen LogP contribution in [0.5, 0.6) is 0 Å². The number of esters is 1. The van der Waals surface area contributed by atoms with Crippen LogP contribution in [0.15, 0.2) is 0 Å². The van der Waals surface area contributed by atoms with Crippen LogP contribution >= 0.6 is 0 Å². The van der Waals surface area contributed by atoms with Gasteiger partial charge in [0.25, 0.3) is 0 Å². The van der Waals surface area contributed by atoms with Crippen molar-refractivity contribution in [1.29, 1.82) is 0 Å². The molecule has 1 aliphatic carbocycles. The van der Waals surface area contributed by atoms with E-state index in [2.05, 4.69) is 19.2 Å². The van der Waals surface area contributed by atoms with Crippen LogP contribution in [0.3, 0.4) is 0 Å². The van der Waals surface area contributed by atoms with Gasteiger partial charge < -0.3 is 4.74 Å². The first-order chi connectivity index (χ1) is 7.11. The monoisotopic (exact) mass is 213 g/mol. The van der Waals surface area contributed by atoms with E-state index in [1.807, 2.05) is 0 Å². The van der Waals surface area contributed by atoms with E-state index in [1.54, 1.807) is 0 Å². The molecule has 0 saturated heterocycles. The molecular formula is C12H23NO2. The fourth-order valence-corrected chi connectivity index (χ4v) is 2.07. The summed E-state index contributed by atoms with van der Waals surface area (Å²) >= 11 is 0. The van der Waals surface area contributed by atoms with Gasteiger partial charge in [0.1, 0.15) is 6.04 Å². The third-order valence-corrected chi connectivity index (χ3v) is 3.31. The normalized spacial score (nSPS) is 20.5. The number of hydrogen-bond acceptors (Lipinski definition) is 3. The third-order valence-electron chi connectivity index (χ3n) is 3.31. The third kappa shape index (κ3) is 3.49. The lowest BCUT2D eigenvalue weighted by atomic mass is 9.78. The minimum absolute atomic E-state index is 0.111. The van der Waals surface area contributed by atoms with Crippen molar-refractivity contribution < 1.29 is 9.53 Å². The van der Waals surface area contributed by atoms with Crippen molar-refractivity contribution in [2.24, 2.45) is 0 Å². The van der Waals surface area contributed by atoms with Gasteiger partial charge in [-0.3, -0.25) is 10.1 Å². The van der Waals surface area contributed by atoms with Gasteiger partial charge in [0.05, 0.1) is 7.11 Å². The number of carbonyl (C=O) groups excluding carboxylic acids is 1. The number of rotatable bonds is 6. The highest BCUT2D eigenvalue weighted by atomic mass is 16.5. The van der Waals surface area contributed by atoms with Crippen LogP contribution in [0.2, 0.25) is 0 Å². The molecule has 0 radical (unpaired) electrons. The molecule has 0 aromatic carbocycles. The summed E-state index contributed by atoms with van der Waals surface area (Å²) in [6, 6.07) is -0.111. The van der Waals surface area contributed by atoms with Gasteiger partial charge in [0.2, 0.25) is 0 Å². The molecule has 3 heteroatoms. The smallest absolute Gasteiger partial charge is 0.322 e. The van der Waals surface area contributed by atoms with Gasteiger partial charge >= 0.3 is 5.97 Å². The maximum absolute atomic E-state index is 11.6. The Morgan fingerprint density at radius 3 is 2.60 bits per heavy atom. The first kappa shape index (κ1) is 12.5. The van der Waals surface area contributed by atoms with Gasteiger partial charge in [0, 0.05) is 5.54 Å². The average molecular weight is 213 g/mol. The molecule has 1 N–H and O–H groups in total. The molecule has 3 nitrogen and oxygen atoms in total. The minimum Gasteiger partial charge on any atom is -0.468 e. The Morgan fingerprint density at radius 2 is 2.20 bits per heavy atom. The minimum atomic E-state index is -0.114. The summed E-state index contributed by atoms with van der Waals surface area (Å²) < 4.78 is 4.82. The molecule has 88 valence electrons. The molecule has 0 aliphatic heterocycles. The van der Waals surface area contributed by atoms with Gasteiger partial charge in [-0.25, -0.2) is 0 Å². The van der Waals surface area contributed by atoms with Crippen molar-refractivity contribution in [3.8, 4) is 0 Å². The van der Waals surface area contributed by atoms with Crippen molar-refractivity contribution in [3.63, 3.8) is 0 Å². The molecule has 1 atom stereocenters. The quantitative estimate of drug-likeness (QED) is 0.688. The van der Waals surface area contributed by atoms with Crippen molar-refractivity contribution in [2.75, 3.05) is 7.11 Å². The second-order valence-corrected chi connectivity index (χ2v) is 4.78. The molecule has 0 aromatic rings. The van der Waals surface area contributed by atoms with Gasteiger partial charge in [-0.2, -0.15) is 0 Å². The standard InChI is InChI=1S/C12H23NO2/c1-4-5-7-10(11(14)15-3)13-12(2)8-6-9-12/h10,13H,4-9H2,1-3H3. The summed E-state index contributed by atoms with van der Waals surface area (Å²) in [6.45, 7) is 4.33. The van der Waals surface area contributed by atoms with E-state index in [1.165, 1.54) is 26.4 Å². The van der Waals surface area contributed by atoms with Gasteiger partial charge in [-0.15, -0.1) is 0 Å². The molecule has 0 aromatic heterocycles. The number of unbranched alkanes of at least 4 members (excludes halogenated alkanes) is 1. The van der Waals surface area contributed by atoms with Crippen LogP contribution in [0, 0.1) is 0 Å². The summed E-state index contributed by atoms with van der Waals surface area (Å²) in [4.78, 5) is 11.6. The van der Waals surface area contributed by atoms with E-state index in [0.29, 0.717) is 0 Å². The molecule has 0 bridgehead atoms. The average Bonchev–Trinajstić information content (AvgIpc) is 2.20. The van der Waals surface area contributed by atoms with E-state index in [4.69, 9.17) is 4.74 Å². The first-order valence-corrected chi connectivity index (χ1v) is 5.97. The van der Waals surface area contributed by atoms with E-state index >= 15 is 0 Å². The molecule has 1 aliphatic rings. The number of carbonyl (C=O) groups is 1. The van der Waals surface area contributed by atoms with Gasteiger partial charge in [-0.1, -0.05) is 19.8 Å². The van der Waals surface area contributed by atoms with Gasteiger partial charge in [-0.05, 0) is 32.6 Å². The zero-order chi connectivity index (χ0) is 11.3. The molecule has 1 unspecified atom stereocenters. The summed E-state index contributed by atoms with van der Waals surface area (Å²) in [5, 5.41) is 3.44. The van der Waals surface area contributed by atoms with Crippen molar-refractivity contribution in [3.05, 3.63) is 0 Å². The molecule has 0 amide bonds. The highest BCUT2D eigenvalue weighted by Gasteiger charge is 2.35. The molecule has 15 heavy (non-hydrogen) atoms. The fraction of sp³-hybridized carbons (Fsp3) is 0.917. The van der Waals surface area contributed by atoms with Crippen molar-refractivity contribution >= 4 is 5.97 Å². The molecule has 1 fully saturated rings. The van der Waals surface area contributed by atoms with E-state index < -0.39 is 0 Å². The Bertz CT molecular complexity index is 212. The topological polar surface area (TPSA) is 38.3 Å². The molecule has 0 spiro atoms. The van der Waals surface area contributed by atoms with Crippen molar-refractivity contribution in [2.45, 2.75) is 64.0 Å². The Balaban J connectivity index is 2.44. The summed E-state index contributed by atoms with van der Waals surface area (Å²) in [7, 11) is 1.46. The van der Waals surface area contributed by atoms with E-state index in [-0.39, 0.29) is 17.6 Å². The highest BCUT2D eigenvalue weighted by molar-refractivity contribution is 5.75. The SMILES string of the molecule is CCCCC(NC1(C)CCC1)C(=O)OC. The highest BCUT2D eigenvalue weighted by Crippen LogP contribution is 2.31. The molecule has 1 saturated carbocycles. The lowest BCUT2D eigenvalue weighted by Crippen LogP contribution is -2.55. The second kappa shape index (κ2) is 5.50. The number of hydrogen-bond donors (Lipinski definition) is 1. The zero-order valence-corrected chi connectivity index (χ0v) is 10.1. The molecule has 0 heterocycles. The van der Waals surface area contributed by atoms with E-state index in [0.717, 1.165) is 19.3 Å². The Kier molecular flexibility index (Phi) is 4.58. The van der Waals surface area contributed by atoms with Gasteiger partial charge in [0.15, 0.2) is 0 Å². The lowest BCUT2D eigenvalue weighted by Gasteiger charge is -2.41. The zero-order valence-electron chi connectivity index (χ0n) is 10.1. The first-order valence-electron chi connectivity index (χ1n) is 5.97. The predicted octanol–water partition coefficient (Wildman–Crippen LogP) is 2.25.